The van der Waals surface area contributed by atoms with E-state index in [-0.39, 0.29) is 11.9 Å². The number of nitrogens with one attached hydrogen (secondary N) is 1. The molecule has 6 heteroatoms. The fraction of sp³-hybridized carbons (Fsp3) is 0.278. The Bertz CT molecular complexity index is 930. The standard InChI is InChI=1S/C18H19ClN4O/c1-10(2)23-12(4)17(11(3)22-23)21-18(24)15-8-6-13-5-7-14(19)9-16(13)20-15/h5-10H,1-4H3,(H,21,24). The number of aryl methyl sites for hydroxylation is 1. The van der Waals surface area contributed by atoms with Crippen LogP contribution in [0.1, 0.15) is 41.8 Å². The molecule has 0 bridgehead atoms. The molecule has 2 aromatic heterocycles. The number of halogens is 1. The number of hydrogen-bond donors (Lipinski definition) is 1. The molecule has 0 saturated heterocycles. The predicted octanol–water partition coefficient (Wildman–Crippen LogP) is 4.53. The van der Waals surface area contributed by atoms with Crippen LogP contribution in [0.3, 0.4) is 0 Å². The van der Waals surface area contributed by atoms with E-state index in [1.54, 1.807) is 18.2 Å². The number of carbonyl (C=O) groups is 1. The van der Waals surface area contributed by atoms with Gasteiger partial charge in [0.1, 0.15) is 5.69 Å². The van der Waals surface area contributed by atoms with Gasteiger partial charge in [-0.05, 0) is 45.9 Å². The number of amides is 1. The summed E-state index contributed by atoms with van der Waals surface area (Å²) in [5, 5.41) is 8.95. The Hall–Kier alpha value is -2.40. The summed E-state index contributed by atoms with van der Waals surface area (Å²) >= 11 is 6.00. The lowest BCUT2D eigenvalue weighted by Crippen LogP contribution is -2.15. The van der Waals surface area contributed by atoms with Crippen molar-refractivity contribution in [2.45, 2.75) is 33.7 Å². The minimum Gasteiger partial charge on any atom is -0.317 e. The molecule has 0 atom stereocenters. The van der Waals surface area contributed by atoms with Gasteiger partial charge in [0.15, 0.2) is 0 Å². The minimum atomic E-state index is -0.258. The van der Waals surface area contributed by atoms with Crippen LogP contribution in [0.5, 0.6) is 0 Å². The fourth-order valence-electron chi connectivity index (χ4n) is 2.74. The molecule has 0 spiro atoms. The molecule has 3 aromatic rings. The maximum absolute atomic E-state index is 12.6. The zero-order chi connectivity index (χ0) is 17.4. The van der Waals surface area contributed by atoms with E-state index in [0.29, 0.717) is 16.2 Å². The van der Waals surface area contributed by atoms with Crippen molar-refractivity contribution in [2.24, 2.45) is 0 Å². The van der Waals surface area contributed by atoms with Crippen molar-refractivity contribution in [2.75, 3.05) is 5.32 Å². The van der Waals surface area contributed by atoms with E-state index in [1.807, 2.05) is 30.7 Å². The summed E-state index contributed by atoms with van der Waals surface area (Å²) < 4.78 is 1.90. The number of fused-ring (bicyclic) bond motifs is 1. The highest BCUT2D eigenvalue weighted by Gasteiger charge is 2.17. The van der Waals surface area contributed by atoms with Gasteiger partial charge in [-0.2, -0.15) is 5.10 Å². The number of rotatable bonds is 3. The van der Waals surface area contributed by atoms with Crippen LogP contribution >= 0.6 is 11.6 Å². The lowest BCUT2D eigenvalue weighted by Gasteiger charge is -2.09. The van der Waals surface area contributed by atoms with E-state index < -0.39 is 0 Å². The maximum Gasteiger partial charge on any atom is 0.274 e. The number of hydrogen-bond acceptors (Lipinski definition) is 3. The van der Waals surface area contributed by atoms with Gasteiger partial charge in [-0.1, -0.05) is 23.7 Å². The molecule has 1 aromatic carbocycles. The summed E-state index contributed by atoms with van der Waals surface area (Å²) in [5.41, 5.74) is 3.50. The number of aromatic nitrogens is 3. The second-order valence-corrected chi connectivity index (χ2v) is 6.51. The summed E-state index contributed by atoms with van der Waals surface area (Å²) in [6, 6.07) is 9.25. The molecule has 2 heterocycles. The van der Waals surface area contributed by atoms with Gasteiger partial charge in [0.25, 0.3) is 5.91 Å². The van der Waals surface area contributed by atoms with Crippen LogP contribution in [-0.2, 0) is 0 Å². The fourth-order valence-corrected chi connectivity index (χ4v) is 2.91. The Kier molecular flexibility index (Phi) is 4.28. The monoisotopic (exact) mass is 342 g/mol. The van der Waals surface area contributed by atoms with Crippen molar-refractivity contribution >= 4 is 34.1 Å². The van der Waals surface area contributed by atoms with Crippen LogP contribution in [-0.4, -0.2) is 20.7 Å². The van der Waals surface area contributed by atoms with Crippen LogP contribution in [0.25, 0.3) is 10.9 Å². The third-order valence-electron chi connectivity index (χ3n) is 3.94. The van der Waals surface area contributed by atoms with E-state index in [2.05, 4.69) is 29.2 Å². The van der Waals surface area contributed by atoms with Gasteiger partial charge in [0, 0.05) is 16.5 Å². The molecule has 0 aliphatic carbocycles. The third-order valence-corrected chi connectivity index (χ3v) is 4.17. The normalized spacial score (nSPS) is 11.2. The van der Waals surface area contributed by atoms with Gasteiger partial charge < -0.3 is 5.32 Å². The van der Waals surface area contributed by atoms with E-state index in [4.69, 9.17) is 11.6 Å². The van der Waals surface area contributed by atoms with Crippen LogP contribution in [0, 0.1) is 13.8 Å². The molecule has 0 fully saturated rings. The summed E-state index contributed by atoms with van der Waals surface area (Å²) in [4.78, 5) is 17.0. The van der Waals surface area contributed by atoms with E-state index in [0.717, 1.165) is 22.5 Å². The second-order valence-electron chi connectivity index (χ2n) is 6.07. The van der Waals surface area contributed by atoms with Gasteiger partial charge in [-0.15, -0.1) is 0 Å². The first-order chi connectivity index (χ1) is 11.4. The van der Waals surface area contributed by atoms with E-state index in [9.17, 15) is 4.79 Å². The molecule has 0 saturated carbocycles. The topological polar surface area (TPSA) is 59.8 Å². The lowest BCUT2D eigenvalue weighted by atomic mass is 10.2. The Morgan fingerprint density at radius 3 is 2.58 bits per heavy atom. The molecule has 1 amide bonds. The second kappa shape index (κ2) is 6.24. The summed E-state index contributed by atoms with van der Waals surface area (Å²) in [6.07, 6.45) is 0. The van der Waals surface area contributed by atoms with Crippen molar-refractivity contribution in [1.29, 1.82) is 0 Å². The first kappa shape index (κ1) is 16.5. The molecule has 0 unspecified atom stereocenters. The Morgan fingerprint density at radius 1 is 1.21 bits per heavy atom. The molecule has 0 radical (unpaired) electrons. The largest absolute Gasteiger partial charge is 0.317 e. The zero-order valence-electron chi connectivity index (χ0n) is 14.1. The zero-order valence-corrected chi connectivity index (χ0v) is 14.8. The van der Waals surface area contributed by atoms with Crippen molar-refractivity contribution in [3.63, 3.8) is 0 Å². The van der Waals surface area contributed by atoms with Gasteiger partial charge in [0.05, 0.1) is 22.6 Å². The molecule has 0 aliphatic heterocycles. The maximum atomic E-state index is 12.6. The van der Waals surface area contributed by atoms with Crippen molar-refractivity contribution in [1.82, 2.24) is 14.8 Å². The smallest absolute Gasteiger partial charge is 0.274 e. The van der Waals surface area contributed by atoms with E-state index in [1.165, 1.54) is 0 Å². The number of pyridine rings is 1. The molecule has 24 heavy (non-hydrogen) atoms. The number of carbonyl (C=O) groups excluding carboxylic acids is 1. The quantitative estimate of drug-likeness (QED) is 0.760. The first-order valence-electron chi connectivity index (χ1n) is 7.80. The van der Waals surface area contributed by atoms with Crippen LogP contribution < -0.4 is 5.32 Å². The molecular weight excluding hydrogens is 324 g/mol. The van der Waals surface area contributed by atoms with E-state index >= 15 is 0 Å². The summed E-state index contributed by atoms with van der Waals surface area (Å²) in [6.45, 7) is 7.94. The highest BCUT2D eigenvalue weighted by atomic mass is 35.5. The molecule has 124 valence electrons. The summed E-state index contributed by atoms with van der Waals surface area (Å²) in [5.74, 6) is -0.258. The van der Waals surface area contributed by atoms with Gasteiger partial charge >= 0.3 is 0 Å². The van der Waals surface area contributed by atoms with Gasteiger partial charge in [-0.25, -0.2) is 4.98 Å². The number of anilines is 1. The minimum absolute atomic E-state index is 0.232. The molecule has 1 N–H and O–H groups in total. The first-order valence-corrected chi connectivity index (χ1v) is 8.18. The Labute approximate surface area is 145 Å². The van der Waals surface area contributed by atoms with Crippen LogP contribution in [0.15, 0.2) is 30.3 Å². The Morgan fingerprint density at radius 2 is 1.92 bits per heavy atom. The predicted molar refractivity (Wildman–Crippen MR) is 96.8 cm³/mol. The number of benzene rings is 1. The SMILES string of the molecule is Cc1nn(C(C)C)c(C)c1NC(=O)c1ccc2ccc(Cl)cc2n1. The molecule has 3 rings (SSSR count). The molecular formula is C18H19ClN4O. The molecule has 0 aliphatic rings. The number of nitrogens with zero attached hydrogens (tertiary/aromatic N) is 3. The van der Waals surface area contributed by atoms with Crippen LogP contribution in [0.2, 0.25) is 5.02 Å². The highest BCUT2D eigenvalue weighted by Crippen LogP contribution is 2.23. The van der Waals surface area contributed by atoms with Crippen molar-refractivity contribution in [3.05, 3.63) is 52.4 Å². The third kappa shape index (κ3) is 2.99. The lowest BCUT2D eigenvalue weighted by molar-refractivity contribution is 0.102. The summed E-state index contributed by atoms with van der Waals surface area (Å²) in [7, 11) is 0. The van der Waals surface area contributed by atoms with Crippen LogP contribution in [0.4, 0.5) is 5.69 Å². The average molecular weight is 343 g/mol. The molecule has 5 nitrogen and oxygen atoms in total. The van der Waals surface area contributed by atoms with Crippen molar-refractivity contribution < 1.29 is 4.79 Å². The van der Waals surface area contributed by atoms with Gasteiger partial charge in [-0.3, -0.25) is 9.48 Å². The van der Waals surface area contributed by atoms with Crippen molar-refractivity contribution in [3.8, 4) is 0 Å². The van der Waals surface area contributed by atoms with Gasteiger partial charge in [0.2, 0.25) is 0 Å². The average Bonchev–Trinajstić information content (AvgIpc) is 2.82. The highest BCUT2D eigenvalue weighted by molar-refractivity contribution is 6.31. The Balaban J connectivity index is 1.93.